The van der Waals surface area contributed by atoms with Gasteiger partial charge in [-0.25, -0.2) is 0 Å². The summed E-state index contributed by atoms with van der Waals surface area (Å²) in [4.78, 5) is 0. The van der Waals surface area contributed by atoms with Gasteiger partial charge in [-0.15, -0.1) is 0 Å². The first-order valence-corrected chi connectivity index (χ1v) is 5.48. The number of fused-ring (bicyclic) bond motifs is 3. The average molecular weight is 219 g/mol. The predicted molar refractivity (Wildman–Crippen MR) is 64.1 cm³/mol. The van der Waals surface area contributed by atoms with Crippen LogP contribution in [0.1, 0.15) is 12.6 Å². The lowest BCUT2D eigenvalue weighted by Gasteiger charge is -2.20. The van der Waals surface area contributed by atoms with E-state index in [1.807, 2.05) is 18.2 Å². The van der Waals surface area contributed by atoms with Crippen LogP contribution in [0.4, 0.5) is 0 Å². The van der Waals surface area contributed by atoms with Crippen LogP contribution in [0.5, 0.6) is 0 Å². The Morgan fingerprint density at radius 3 is 2.94 bits per heavy atom. The maximum absolute atomic E-state index is 5.61. The Kier molecular flexibility index (Phi) is 3.22. The maximum atomic E-state index is 5.61. The van der Waals surface area contributed by atoms with E-state index in [0.717, 1.165) is 12.1 Å². The number of nitrogens with zero attached hydrogens (tertiary/aromatic N) is 2. The Balaban J connectivity index is 0.000000457. The smallest absolute Gasteiger partial charge is 0.0927 e. The number of ether oxygens (including phenoxy) is 1. The van der Waals surface area contributed by atoms with Crippen LogP contribution in [0, 0.1) is 0 Å². The van der Waals surface area contributed by atoms with Crippen molar-refractivity contribution < 1.29 is 4.74 Å². The van der Waals surface area contributed by atoms with E-state index < -0.39 is 0 Å². The summed E-state index contributed by atoms with van der Waals surface area (Å²) in [6.07, 6.45) is 0.275. The average Bonchev–Trinajstić information content (AvgIpc) is 2.68. The van der Waals surface area contributed by atoms with E-state index in [0.29, 0.717) is 6.61 Å². The molecule has 4 heteroatoms. The normalized spacial score (nSPS) is 18.8. The minimum atomic E-state index is 0.275. The zero-order valence-electron chi connectivity index (χ0n) is 9.68. The van der Waals surface area contributed by atoms with E-state index in [4.69, 9.17) is 4.74 Å². The van der Waals surface area contributed by atoms with Crippen molar-refractivity contribution in [2.24, 2.45) is 5.73 Å². The fourth-order valence-corrected chi connectivity index (χ4v) is 1.96. The molecule has 1 unspecified atom stereocenters. The van der Waals surface area contributed by atoms with Gasteiger partial charge in [0.1, 0.15) is 0 Å². The first-order valence-electron chi connectivity index (χ1n) is 5.48. The van der Waals surface area contributed by atoms with Crippen LogP contribution in [-0.2, 0) is 17.9 Å². The molecule has 1 aromatic carbocycles. The molecule has 16 heavy (non-hydrogen) atoms. The van der Waals surface area contributed by atoms with Gasteiger partial charge < -0.3 is 10.5 Å². The Bertz CT molecular complexity index is 478. The third-order valence-electron chi connectivity index (χ3n) is 2.69. The summed E-state index contributed by atoms with van der Waals surface area (Å²) in [5, 5.41) is 5.76. The van der Waals surface area contributed by atoms with E-state index in [2.05, 4.69) is 28.5 Å². The van der Waals surface area contributed by atoms with Crippen LogP contribution in [0.3, 0.4) is 0 Å². The fraction of sp³-hybridized carbons (Fsp3) is 0.417. The second kappa shape index (κ2) is 4.63. The lowest BCUT2D eigenvalue weighted by atomic mass is 10.2. The molecule has 0 spiro atoms. The Labute approximate surface area is 95.0 Å². The molecule has 2 N–H and O–H groups in total. The molecule has 4 nitrogen and oxygen atoms in total. The van der Waals surface area contributed by atoms with Crippen molar-refractivity contribution >= 4 is 10.9 Å². The molecular weight excluding hydrogens is 202 g/mol. The second-order valence-corrected chi connectivity index (χ2v) is 3.77. The molecule has 3 rings (SSSR count). The Hall–Kier alpha value is -1.39. The molecule has 1 aliphatic rings. The second-order valence-electron chi connectivity index (χ2n) is 3.77. The van der Waals surface area contributed by atoms with Crippen molar-refractivity contribution in [2.75, 3.05) is 7.05 Å². The third-order valence-corrected chi connectivity index (χ3v) is 2.69. The minimum absolute atomic E-state index is 0.275. The van der Waals surface area contributed by atoms with E-state index in [1.54, 1.807) is 0 Å². The molecule has 0 fully saturated rings. The van der Waals surface area contributed by atoms with Crippen LogP contribution in [0.15, 0.2) is 24.3 Å². The van der Waals surface area contributed by atoms with Crippen LogP contribution >= 0.6 is 0 Å². The quantitative estimate of drug-likeness (QED) is 0.731. The summed E-state index contributed by atoms with van der Waals surface area (Å²) in [5.41, 5.74) is 6.78. The highest BCUT2D eigenvalue weighted by Crippen LogP contribution is 2.22. The molecular formula is C12H17N3O. The van der Waals surface area contributed by atoms with E-state index in [-0.39, 0.29) is 6.10 Å². The Morgan fingerprint density at radius 1 is 1.38 bits per heavy atom. The molecule has 86 valence electrons. The van der Waals surface area contributed by atoms with Gasteiger partial charge in [-0.2, -0.15) is 5.10 Å². The van der Waals surface area contributed by atoms with Gasteiger partial charge >= 0.3 is 0 Å². The first kappa shape index (κ1) is 11.1. The van der Waals surface area contributed by atoms with Gasteiger partial charge in [-0.1, -0.05) is 18.2 Å². The first-order chi connectivity index (χ1) is 7.84. The van der Waals surface area contributed by atoms with Crippen molar-refractivity contribution in [3.8, 4) is 0 Å². The summed E-state index contributed by atoms with van der Waals surface area (Å²) < 4.78 is 7.68. The number of aromatic nitrogens is 2. The molecule has 0 radical (unpaired) electrons. The molecule has 1 atom stereocenters. The molecule has 0 amide bonds. The standard InChI is InChI=1S/C11H12N2O.CH5N/c1-8-6-13-11(7-14-8)9-4-2-3-5-10(9)12-13;1-2/h2-5,8H,6-7H2,1H3;2H2,1H3. The highest BCUT2D eigenvalue weighted by atomic mass is 16.5. The number of benzene rings is 1. The number of hydrogen-bond acceptors (Lipinski definition) is 3. The zero-order chi connectivity index (χ0) is 11.5. The van der Waals surface area contributed by atoms with Gasteiger partial charge in [0.05, 0.1) is 30.5 Å². The number of rotatable bonds is 0. The molecule has 0 saturated carbocycles. The van der Waals surface area contributed by atoms with Gasteiger partial charge in [0.25, 0.3) is 0 Å². The van der Waals surface area contributed by atoms with E-state index >= 15 is 0 Å². The van der Waals surface area contributed by atoms with Gasteiger partial charge in [-0.05, 0) is 20.0 Å². The largest absolute Gasteiger partial charge is 0.370 e. The SMILES string of the molecule is CC1Cn2nc3ccccc3c2CO1.CN. The van der Waals surface area contributed by atoms with Crippen LogP contribution in [0.2, 0.25) is 0 Å². The highest BCUT2D eigenvalue weighted by Gasteiger charge is 2.18. The van der Waals surface area contributed by atoms with E-state index in [1.165, 1.54) is 18.1 Å². The summed E-state index contributed by atoms with van der Waals surface area (Å²) in [5.74, 6) is 0. The lowest BCUT2D eigenvalue weighted by Crippen LogP contribution is -2.24. The minimum Gasteiger partial charge on any atom is -0.370 e. The fourth-order valence-electron chi connectivity index (χ4n) is 1.96. The van der Waals surface area contributed by atoms with Gasteiger partial charge in [0.15, 0.2) is 0 Å². The molecule has 0 aliphatic carbocycles. The molecule has 1 aliphatic heterocycles. The maximum Gasteiger partial charge on any atom is 0.0927 e. The topological polar surface area (TPSA) is 53.1 Å². The van der Waals surface area contributed by atoms with Crippen LogP contribution in [0.25, 0.3) is 10.9 Å². The summed E-state index contributed by atoms with van der Waals surface area (Å²) in [6.45, 7) is 3.63. The van der Waals surface area contributed by atoms with Crippen LogP contribution < -0.4 is 5.73 Å². The Morgan fingerprint density at radius 2 is 2.12 bits per heavy atom. The lowest BCUT2D eigenvalue weighted by molar-refractivity contribution is 0.0133. The predicted octanol–water partition coefficient (Wildman–Crippen LogP) is 1.53. The monoisotopic (exact) mass is 219 g/mol. The van der Waals surface area contributed by atoms with Crippen molar-refractivity contribution in [1.29, 1.82) is 0 Å². The molecule has 1 aromatic heterocycles. The highest BCUT2D eigenvalue weighted by molar-refractivity contribution is 5.81. The van der Waals surface area contributed by atoms with Crippen LogP contribution in [-0.4, -0.2) is 22.9 Å². The van der Waals surface area contributed by atoms with Crippen molar-refractivity contribution in [3.63, 3.8) is 0 Å². The molecule has 0 bridgehead atoms. The number of nitrogens with two attached hydrogens (primary N) is 1. The van der Waals surface area contributed by atoms with Crippen molar-refractivity contribution in [1.82, 2.24) is 9.78 Å². The van der Waals surface area contributed by atoms with Crippen molar-refractivity contribution in [3.05, 3.63) is 30.0 Å². The number of hydrogen-bond donors (Lipinski definition) is 1. The van der Waals surface area contributed by atoms with Gasteiger partial charge in [0, 0.05) is 5.39 Å². The van der Waals surface area contributed by atoms with E-state index in [9.17, 15) is 0 Å². The van der Waals surface area contributed by atoms with Crippen molar-refractivity contribution in [2.45, 2.75) is 26.2 Å². The zero-order valence-corrected chi connectivity index (χ0v) is 9.68. The summed E-state index contributed by atoms with van der Waals surface area (Å²) in [7, 11) is 1.50. The summed E-state index contributed by atoms with van der Waals surface area (Å²) >= 11 is 0. The van der Waals surface area contributed by atoms with Gasteiger partial charge in [0.2, 0.25) is 0 Å². The molecule has 0 saturated heterocycles. The van der Waals surface area contributed by atoms with Gasteiger partial charge in [-0.3, -0.25) is 4.68 Å². The molecule has 2 heterocycles. The molecule has 2 aromatic rings. The summed E-state index contributed by atoms with van der Waals surface area (Å²) in [6, 6.07) is 8.22. The third kappa shape index (κ3) is 1.81.